The molecule has 0 aromatic heterocycles. The number of carbonyl (C=O) groups excluding carboxylic acids is 1. The van der Waals surface area contributed by atoms with Gasteiger partial charge in [0.1, 0.15) is 0 Å². The van der Waals surface area contributed by atoms with E-state index in [1.807, 2.05) is 30.9 Å². The predicted molar refractivity (Wildman–Crippen MR) is 74.0 cm³/mol. The van der Waals surface area contributed by atoms with Gasteiger partial charge in [-0.15, -0.1) is 0 Å². The van der Waals surface area contributed by atoms with Crippen molar-refractivity contribution >= 4 is 29.2 Å². The molecule has 0 bridgehead atoms. The van der Waals surface area contributed by atoms with Gasteiger partial charge in [0.15, 0.2) is 0 Å². The summed E-state index contributed by atoms with van der Waals surface area (Å²) in [4.78, 5) is 13.3. The van der Waals surface area contributed by atoms with Gasteiger partial charge < -0.3 is 4.74 Å². The summed E-state index contributed by atoms with van der Waals surface area (Å²) in [6.07, 6.45) is 0. The Hall–Kier alpha value is -0.770. The van der Waals surface area contributed by atoms with Crippen LogP contribution in [0.2, 0.25) is 10.0 Å². The first-order valence-electron chi connectivity index (χ1n) is 5.69. The third-order valence-electron chi connectivity index (χ3n) is 2.70. The van der Waals surface area contributed by atoms with Crippen molar-refractivity contribution in [3.63, 3.8) is 0 Å². The molecule has 100 valence electrons. The molecule has 0 unspecified atom stereocenters. The van der Waals surface area contributed by atoms with Crippen molar-refractivity contribution < 1.29 is 9.53 Å². The summed E-state index contributed by atoms with van der Waals surface area (Å²) in [5.41, 5.74) is 0.904. The standard InChI is InChI=1S/C13H17Cl2NO2/c1-9(2)16(8-12(17)18-3)7-10-5-4-6-11(14)13(10)15/h4-6,9H,7-8H2,1-3H3. The molecule has 0 heterocycles. The second-order valence-corrected chi connectivity index (χ2v) is 5.07. The van der Waals surface area contributed by atoms with E-state index in [1.165, 1.54) is 7.11 Å². The molecular weight excluding hydrogens is 273 g/mol. The Balaban J connectivity index is 2.83. The van der Waals surface area contributed by atoms with E-state index in [0.717, 1.165) is 5.56 Å². The molecule has 5 heteroatoms. The fourth-order valence-corrected chi connectivity index (χ4v) is 1.92. The fourth-order valence-electron chi connectivity index (χ4n) is 1.54. The molecule has 3 nitrogen and oxygen atoms in total. The summed E-state index contributed by atoms with van der Waals surface area (Å²) in [5.74, 6) is -0.262. The van der Waals surface area contributed by atoms with Gasteiger partial charge in [-0.25, -0.2) is 0 Å². The Kier molecular flexibility index (Phi) is 5.93. The van der Waals surface area contributed by atoms with E-state index in [2.05, 4.69) is 4.74 Å². The molecule has 0 saturated carbocycles. The van der Waals surface area contributed by atoms with E-state index in [0.29, 0.717) is 16.6 Å². The van der Waals surface area contributed by atoms with Gasteiger partial charge in [0.05, 0.1) is 23.7 Å². The fraction of sp³-hybridized carbons (Fsp3) is 0.462. The van der Waals surface area contributed by atoms with Crippen LogP contribution in [0.25, 0.3) is 0 Å². The number of halogens is 2. The number of benzene rings is 1. The number of nitrogens with zero attached hydrogens (tertiary/aromatic N) is 1. The summed E-state index contributed by atoms with van der Waals surface area (Å²) in [6, 6.07) is 5.70. The number of hydrogen-bond acceptors (Lipinski definition) is 3. The van der Waals surface area contributed by atoms with E-state index < -0.39 is 0 Å². The molecule has 0 N–H and O–H groups in total. The zero-order valence-electron chi connectivity index (χ0n) is 10.7. The normalized spacial score (nSPS) is 11.1. The number of carbonyl (C=O) groups is 1. The van der Waals surface area contributed by atoms with Crippen molar-refractivity contribution in [3.8, 4) is 0 Å². The van der Waals surface area contributed by atoms with Gasteiger partial charge in [0, 0.05) is 12.6 Å². The topological polar surface area (TPSA) is 29.5 Å². The van der Waals surface area contributed by atoms with Crippen molar-refractivity contribution in [1.82, 2.24) is 4.90 Å². The van der Waals surface area contributed by atoms with Crippen molar-refractivity contribution in [1.29, 1.82) is 0 Å². The summed E-state index contributed by atoms with van der Waals surface area (Å²) < 4.78 is 4.68. The maximum atomic E-state index is 11.3. The Labute approximate surface area is 118 Å². The van der Waals surface area contributed by atoms with E-state index >= 15 is 0 Å². The zero-order valence-corrected chi connectivity index (χ0v) is 12.3. The van der Waals surface area contributed by atoms with E-state index in [4.69, 9.17) is 23.2 Å². The number of esters is 1. The Morgan fingerprint density at radius 2 is 2.06 bits per heavy atom. The van der Waals surface area contributed by atoms with Crippen LogP contribution in [0.15, 0.2) is 18.2 Å². The quantitative estimate of drug-likeness (QED) is 0.779. The van der Waals surface area contributed by atoms with E-state index in [9.17, 15) is 4.79 Å². The van der Waals surface area contributed by atoms with Crippen LogP contribution in [0.1, 0.15) is 19.4 Å². The van der Waals surface area contributed by atoms with Crippen LogP contribution in [0.5, 0.6) is 0 Å². The van der Waals surface area contributed by atoms with Crippen LogP contribution < -0.4 is 0 Å². The molecule has 0 radical (unpaired) electrons. The van der Waals surface area contributed by atoms with Crippen LogP contribution in [-0.2, 0) is 16.1 Å². The van der Waals surface area contributed by atoms with Crippen LogP contribution in [0.3, 0.4) is 0 Å². The lowest BCUT2D eigenvalue weighted by Crippen LogP contribution is -2.35. The number of methoxy groups -OCH3 is 1. The second kappa shape index (κ2) is 6.98. The molecule has 1 aromatic carbocycles. The van der Waals surface area contributed by atoms with Crippen LogP contribution in [0, 0.1) is 0 Å². The molecule has 0 saturated heterocycles. The molecule has 0 aliphatic heterocycles. The smallest absolute Gasteiger partial charge is 0.319 e. The highest BCUT2D eigenvalue weighted by Crippen LogP contribution is 2.26. The first kappa shape index (κ1) is 15.3. The number of ether oxygens (including phenoxy) is 1. The summed E-state index contributed by atoms with van der Waals surface area (Å²) in [6.45, 7) is 4.83. The van der Waals surface area contributed by atoms with Gasteiger partial charge in [-0.3, -0.25) is 9.69 Å². The molecular formula is C13H17Cl2NO2. The molecule has 1 rings (SSSR count). The first-order chi connectivity index (χ1) is 8.45. The maximum Gasteiger partial charge on any atom is 0.319 e. The largest absolute Gasteiger partial charge is 0.468 e. The van der Waals surface area contributed by atoms with Crippen molar-refractivity contribution in [2.24, 2.45) is 0 Å². The lowest BCUT2D eigenvalue weighted by Gasteiger charge is -2.25. The highest BCUT2D eigenvalue weighted by Gasteiger charge is 2.16. The van der Waals surface area contributed by atoms with Gasteiger partial charge in [-0.2, -0.15) is 0 Å². The molecule has 0 aliphatic rings. The van der Waals surface area contributed by atoms with Gasteiger partial charge in [0.25, 0.3) is 0 Å². The Morgan fingerprint density at radius 1 is 1.39 bits per heavy atom. The molecule has 0 amide bonds. The molecule has 0 aliphatic carbocycles. The monoisotopic (exact) mass is 289 g/mol. The van der Waals surface area contributed by atoms with Crippen LogP contribution in [-0.4, -0.2) is 30.6 Å². The first-order valence-corrected chi connectivity index (χ1v) is 6.45. The summed E-state index contributed by atoms with van der Waals surface area (Å²) in [5, 5.41) is 1.06. The average Bonchev–Trinajstić information content (AvgIpc) is 2.33. The van der Waals surface area contributed by atoms with Crippen LogP contribution >= 0.6 is 23.2 Å². The molecule has 1 aromatic rings. The van der Waals surface area contributed by atoms with E-state index in [-0.39, 0.29) is 18.6 Å². The Bertz CT molecular complexity index is 421. The SMILES string of the molecule is COC(=O)CN(Cc1cccc(Cl)c1Cl)C(C)C. The minimum absolute atomic E-state index is 0.208. The van der Waals surface area contributed by atoms with Gasteiger partial charge in [0.2, 0.25) is 0 Å². The number of hydrogen-bond donors (Lipinski definition) is 0. The minimum Gasteiger partial charge on any atom is -0.468 e. The molecule has 0 spiro atoms. The number of rotatable bonds is 5. The lowest BCUT2D eigenvalue weighted by atomic mass is 10.2. The van der Waals surface area contributed by atoms with Crippen molar-refractivity contribution in [2.45, 2.75) is 26.4 Å². The third-order valence-corrected chi connectivity index (χ3v) is 3.55. The highest BCUT2D eigenvalue weighted by atomic mass is 35.5. The van der Waals surface area contributed by atoms with Gasteiger partial charge in [-0.05, 0) is 25.5 Å². The zero-order chi connectivity index (χ0) is 13.7. The molecule has 0 atom stereocenters. The summed E-state index contributed by atoms with van der Waals surface area (Å²) >= 11 is 12.1. The minimum atomic E-state index is -0.262. The third kappa shape index (κ3) is 4.16. The summed E-state index contributed by atoms with van der Waals surface area (Å²) in [7, 11) is 1.38. The van der Waals surface area contributed by atoms with Gasteiger partial charge in [-0.1, -0.05) is 35.3 Å². The second-order valence-electron chi connectivity index (χ2n) is 4.29. The molecule has 18 heavy (non-hydrogen) atoms. The van der Waals surface area contributed by atoms with Crippen LogP contribution in [0.4, 0.5) is 0 Å². The predicted octanol–water partition coefficient (Wildman–Crippen LogP) is 3.38. The van der Waals surface area contributed by atoms with E-state index in [1.54, 1.807) is 6.07 Å². The molecule has 0 fully saturated rings. The Morgan fingerprint density at radius 3 is 2.61 bits per heavy atom. The highest BCUT2D eigenvalue weighted by molar-refractivity contribution is 6.42. The maximum absolute atomic E-state index is 11.3. The van der Waals surface area contributed by atoms with Crippen molar-refractivity contribution in [3.05, 3.63) is 33.8 Å². The average molecular weight is 290 g/mol. The van der Waals surface area contributed by atoms with Gasteiger partial charge >= 0.3 is 5.97 Å². The lowest BCUT2D eigenvalue weighted by molar-refractivity contribution is -0.142. The van der Waals surface area contributed by atoms with Crippen molar-refractivity contribution in [2.75, 3.05) is 13.7 Å².